The molecule has 1 aliphatic rings. The molecule has 2 atom stereocenters. The molecular formula is C17H28N2. The summed E-state index contributed by atoms with van der Waals surface area (Å²) in [5.74, 6) is 0. The van der Waals surface area contributed by atoms with Gasteiger partial charge in [0.05, 0.1) is 0 Å². The van der Waals surface area contributed by atoms with Crippen LogP contribution in [0.25, 0.3) is 0 Å². The summed E-state index contributed by atoms with van der Waals surface area (Å²) < 4.78 is 0. The highest BCUT2D eigenvalue weighted by atomic mass is 15.2. The number of rotatable bonds is 3. The van der Waals surface area contributed by atoms with Crippen LogP contribution in [0.1, 0.15) is 51.0 Å². The molecule has 0 radical (unpaired) electrons. The molecule has 2 N–H and O–H groups in total. The van der Waals surface area contributed by atoms with Crippen molar-refractivity contribution in [3.05, 3.63) is 29.8 Å². The van der Waals surface area contributed by atoms with Gasteiger partial charge in [-0.05, 0) is 38.3 Å². The maximum Gasteiger partial charge on any atom is 0.0441 e. The second kappa shape index (κ2) is 6.95. The van der Waals surface area contributed by atoms with E-state index in [0.717, 1.165) is 6.54 Å². The van der Waals surface area contributed by atoms with Gasteiger partial charge in [-0.3, -0.25) is 0 Å². The van der Waals surface area contributed by atoms with Crippen LogP contribution in [0.3, 0.4) is 0 Å². The number of benzene rings is 1. The molecule has 0 bridgehead atoms. The predicted octanol–water partition coefficient (Wildman–Crippen LogP) is 3.87. The minimum absolute atomic E-state index is 0.319. The number of para-hydroxylation sites is 1. The number of aryl methyl sites for hydroxylation is 1. The lowest BCUT2D eigenvalue weighted by Gasteiger charge is -2.38. The van der Waals surface area contributed by atoms with Crippen molar-refractivity contribution < 1.29 is 0 Å². The molecule has 1 aliphatic carbocycles. The van der Waals surface area contributed by atoms with Crippen molar-refractivity contribution in [2.45, 2.75) is 64.5 Å². The molecule has 1 aromatic carbocycles. The Morgan fingerprint density at radius 3 is 2.47 bits per heavy atom. The largest absolute Gasteiger partial charge is 0.367 e. The second-order valence-electron chi connectivity index (χ2n) is 5.80. The van der Waals surface area contributed by atoms with Gasteiger partial charge in [0.25, 0.3) is 0 Å². The van der Waals surface area contributed by atoms with Crippen molar-refractivity contribution in [2.24, 2.45) is 5.73 Å². The van der Waals surface area contributed by atoms with Crippen molar-refractivity contribution in [3.8, 4) is 0 Å². The average Bonchev–Trinajstić information content (AvgIpc) is 2.40. The summed E-state index contributed by atoms with van der Waals surface area (Å²) in [5.41, 5.74) is 9.20. The van der Waals surface area contributed by atoms with E-state index in [0.29, 0.717) is 12.1 Å². The van der Waals surface area contributed by atoms with E-state index in [1.807, 2.05) is 0 Å². The van der Waals surface area contributed by atoms with Crippen LogP contribution < -0.4 is 10.6 Å². The van der Waals surface area contributed by atoms with Gasteiger partial charge in [0.15, 0.2) is 0 Å². The van der Waals surface area contributed by atoms with Crippen LogP contribution in [-0.4, -0.2) is 18.6 Å². The van der Waals surface area contributed by atoms with Gasteiger partial charge in [-0.15, -0.1) is 0 Å². The number of anilines is 1. The zero-order valence-corrected chi connectivity index (χ0v) is 12.4. The molecule has 1 fully saturated rings. The van der Waals surface area contributed by atoms with E-state index in [-0.39, 0.29) is 0 Å². The molecule has 0 saturated heterocycles. The van der Waals surface area contributed by atoms with Crippen molar-refractivity contribution in [1.29, 1.82) is 0 Å². The average molecular weight is 260 g/mol. The Balaban J connectivity index is 2.21. The van der Waals surface area contributed by atoms with E-state index in [9.17, 15) is 0 Å². The highest BCUT2D eigenvalue weighted by molar-refractivity contribution is 5.54. The molecule has 2 nitrogen and oxygen atoms in total. The molecule has 1 aromatic rings. The van der Waals surface area contributed by atoms with Crippen molar-refractivity contribution >= 4 is 5.69 Å². The van der Waals surface area contributed by atoms with E-state index < -0.39 is 0 Å². The van der Waals surface area contributed by atoms with Crippen LogP contribution >= 0.6 is 0 Å². The van der Waals surface area contributed by atoms with Gasteiger partial charge in [-0.25, -0.2) is 0 Å². The standard InChI is InChI=1S/C17H28N2/c1-3-19(16-12-9-8-10-14(16)2)17-13-7-5-4-6-11-15(17)18/h8-10,12,15,17H,3-7,11,13,18H2,1-2H3. The topological polar surface area (TPSA) is 29.3 Å². The highest BCUT2D eigenvalue weighted by Gasteiger charge is 2.25. The Labute approximate surface area is 118 Å². The van der Waals surface area contributed by atoms with Gasteiger partial charge < -0.3 is 10.6 Å². The van der Waals surface area contributed by atoms with Crippen LogP contribution in [0.5, 0.6) is 0 Å². The van der Waals surface area contributed by atoms with E-state index in [1.165, 1.54) is 49.8 Å². The van der Waals surface area contributed by atoms with Gasteiger partial charge in [0.1, 0.15) is 0 Å². The molecule has 0 amide bonds. The fourth-order valence-electron chi connectivity index (χ4n) is 3.35. The van der Waals surface area contributed by atoms with Crippen LogP contribution in [-0.2, 0) is 0 Å². The third-order valence-corrected chi connectivity index (χ3v) is 4.45. The first-order valence-electron chi connectivity index (χ1n) is 7.82. The molecule has 0 spiro atoms. The van der Waals surface area contributed by atoms with Gasteiger partial charge in [-0.2, -0.15) is 0 Å². The van der Waals surface area contributed by atoms with E-state index in [4.69, 9.17) is 5.73 Å². The first kappa shape index (κ1) is 14.4. The third-order valence-electron chi connectivity index (χ3n) is 4.45. The third kappa shape index (κ3) is 3.50. The summed E-state index contributed by atoms with van der Waals surface area (Å²) in [6.07, 6.45) is 7.76. The Kier molecular flexibility index (Phi) is 5.26. The summed E-state index contributed by atoms with van der Waals surface area (Å²) in [6, 6.07) is 9.52. The number of hydrogen-bond donors (Lipinski definition) is 1. The Hall–Kier alpha value is -1.02. The molecule has 0 aliphatic heterocycles. The molecule has 2 unspecified atom stereocenters. The van der Waals surface area contributed by atoms with Crippen LogP contribution in [0.4, 0.5) is 5.69 Å². The molecule has 19 heavy (non-hydrogen) atoms. The fraction of sp³-hybridized carbons (Fsp3) is 0.647. The number of hydrogen-bond acceptors (Lipinski definition) is 2. The van der Waals surface area contributed by atoms with E-state index in [2.05, 4.69) is 43.0 Å². The molecule has 2 rings (SSSR count). The Bertz CT molecular complexity index is 389. The quantitative estimate of drug-likeness (QED) is 0.894. The lowest BCUT2D eigenvalue weighted by Crippen LogP contribution is -2.48. The minimum Gasteiger partial charge on any atom is -0.367 e. The Morgan fingerprint density at radius 1 is 1.11 bits per heavy atom. The van der Waals surface area contributed by atoms with Gasteiger partial charge in [0.2, 0.25) is 0 Å². The predicted molar refractivity (Wildman–Crippen MR) is 83.7 cm³/mol. The first-order chi connectivity index (χ1) is 9.24. The lowest BCUT2D eigenvalue weighted by molar-refractivity contribution is 0.384. The first-order valence-corrected chi connectivity index (χ1v) is 7.82. The van der Waals surface area contributed by atoms with E-state index in [1.54, 1.807) is 0 Å². The summed E-state index contributed by atoms with van der Waals surface area (Å²) >= 11 is 0. The van der Waals surface area contributed by atoms with Gasteiger partial charge >= 0.3 is 0 Å². The number of likely N-dealkylation sites (N-methyl/N-ethyl adjacent to an activating group) is 1. The summed E-state index contributed by atoms with van der Waals surface area (Å²) in [4.78, 5) is 2.53. The highest BCUT2D eigenvalue weighted by Crippen LogP contribution is 2.27. The van der Waals surface area contributed by atoms with Crippen LogP contribution in [0.15, 0.2) is 24.3 Å². The van der Waals surface area contributed by atoms with Crippen molar-refractivity contribution in [2.75, 3.05) is 11.4 Å². The van der Waals surface area contributed by atoms with Crippen LogP contribution in [0, 0.1) is 6.92 Å². The van der Waals surface area contributed by atoms with E-state index >= 15 is 0 Å². The second-order valence-corrected chi connectivity index (χ2v) is 5.80. The number of nitrogens with two attached hydrogens (primary N) is 1. The Morgan fingerprint density at radius 2 is 1.79 bits per heavy atom. The fourth-order valence-corrected chi connectivity index (χ4v) is 3.35. The van der Waals surface area contributed by atoms with Crippen molar-refractivity contribution in [3.63, 3.8) is 0 Å². The maximum atomic E-state index is 6.47. The number of nitrogens with zero attached hydrogens (tertiary/aromatic N) is 1. The molecular weight excluding hydrogens is 232 g/mol. The smallest absolute Gasteiger partial charge is 0.0441 e. The maximum absolute atomic E-state index is 6.47. The minimum atomic E-state index is 0.319. The molecule has 0 heterocycles. The van der Waals surface area contributed by atoms with Gasteiger partial charge in [-0.1, -0.05) is 43.9 Å². The molecule has 0 aromatic heterocycles. The zero-order chi connectivity index (χ0) is 13.7. The molecule has 1 saturated carbocycles. The zero-order valence-electron chi connectivity index (χ0n) is 12.4. The lowest BCUT2D eigenvalue weighted by atomic mass is 9.91. The summed E-state index contributed by atoms with van der Waals surface area (Å²) in [7, 11) is 0. The molecule has 106 valence electrons. The summed E-state index contributed by atoms with van der Waals surface area (Å²) in [6.45, 7) is 5.49. The summed E-state index contributed by atoms with van der Waals surface area (Å²) in [5, 5.41) is 0. The molecule has 2 heteroatoms. The van der Waals surface area contributed by atoms with Crippen molar-refractivity contribution in [1.82, 2.24) is 0 Å². The van der Waals surface area contributed by atoms with Crippen LogP contribution in [0.2, 0.25) is 0 Å². The normalized spacial score (nSPS) is 24.6. The monoisotopic (exact) mass is 260 g/mol. The SMILES string of the molecule is CCN(c1ccccc1C)C1CCCCCCC1N. The van der Waals surface area contributed by atoms with Gasteiger partial charge in [0, 0.05) is 24.3 Å².